The van der Waals surface area contributed by atoms with Gasteiger partial charge in [-0.25, -0.2) is 4.39 Å². The van der Waals surface area contributed by atoms with Crippen molar-refractivity contribution in [3.05, 3.63) is 41.8 Å². The lowest BCUT2D eigenvalue weighted by Gasteiger charge is -2.27. The molecule has 2 N–H and O–H groups in total. The molecule has 1 aliphatic heterocycles. The van der Waals surface area contributed by atoms with Crippen LogP contribution in [0.5, 0.6) is 0 Å². The van der Waals surface area contributed by atoms with Crippen LogP contribution in [-0.2, 0) is 16.6 Å². The Balaban J connectivity index is 1.66. The summed E-state index contributed by atoms with van der Waals surface area (Å²) in [6.07, 6.45) is 1.10. The molecule has 7 nitrogen and oxygen atoms in total. The molecule has 1 aliphatic rings. The highest BCUT2D eigenvalue weighted by Gasteiger charge is 2.39. The lowest BCUT2D eigenvalue weighted by Crippen LogP contribution is -2.39. The number of rotatable bonds is 4. The third-order valence-electron chi connectivity index (χ3n) is 4.00. The van der Waals surface area contributed by atoms with E-state index in [1.807, 2.05) is 0 Å². The molecule has 1 saturated heterocycles. The fourth-order valence-corrected chi connectivity index (χ4v) is 2.63. The van der Waals surface area contributed by atoms with Crippen LogP contribution in [0.2, 0.25) is 0 Å². The lowest BCUT2D eigenvalue weighted by atomic mass is 9.80. The maximum absolute atomic E-state index is 12.8. The Kier molecular flexibility index (Phi) is 4.53. The van der Waals surface area contributed by atoms with Crippen molar-refractivity contribution in [3.63, 3.8) is 0 Å². The van der Waals surface area contributed by atoms with Crippen LogP contribution >= 0.6 is 0 Å². The largest absolute Gasteiger partial charge is 0.338 e. The van der Waals surface area contributed by atoms with Gasteiger partial charge < -0.3 is 15.2 Å². The number of nitrogens with one attached hydrogen (secondary N) is 2. The van der Waals surface area contributed by atoms with E-state index in [4.69, 9.17) is 4.52 Å². The van der Waals surface area contributed by atoms with Crippen molar-refractivity contribution >= 4 is 11.6 Å². The molecule has 24 heavy (non-hydrogen) atoms. The van der Waals surface area contributed by atoms with Crippen molar-refractivity contribution in [2.24, 2.45) is 0 Å². The van der Waals surface area contributed by atoms with E-state index in [1.54, 1.807) is 0 Å². The van der Waals surface area contributed by atoms with Crippen molar-refractivity contribution in [1.29, 1.82) is 5.26 Å². The molecule has 0 spiro atoms. The third-order valence-corrected chi connectivity index (χ3v) is 4.00. The number of nitriles is 1. The van der Waals surface area contributed by atoms with Crippen LogP contribution < -0.4 is 10.6 Å². The Morgan fingerprint density at radius 1 is 1.38 bits per heavy atom. The number of piperidine rings is 1. The Morgan fingerprint density at radius 2 is 2.08 bits per heavy atom. The molecule has 1 fully saturated rings. The zero-order valence-corrected chi connectivity index (χ0v) is 12.9. The zero-order valence-electron chi connectivity index (χ0n) is 12.9. The van der Waals surface area contributed by atoms with Gasteiger partial charge in [-0.3, -0.25) is 4.79 Å². The van der Waals surface area contributed by atoms with Gasteiger partial charge >= 0.3 is 0 Å². The maximum Gasteiger partial charge on any atom is 0.247 e. The molecular formula is C16H16FN5O2. The first-order valence-electron chi connectivity index (χ1n) is 7.62. The number of amides is 1. The topological polar surface area (TPSA) is 104 Å². The maximum atomic E-state index is 12.8. The molecule has 3 rings (SSSR count). The molecular weight excluding hydrogens is 313 g/mol. The van der Waals surface area contributed by atoms with Gasteiger partial charge in [0.1, 0.15) is 11.2 Å². The smallest absolute Gasteiger partial charge is 0.247 e. The summed E-state index contributed by atoms with van der Waals surface area (Å²) in [6, 6.07) is 7.73. The van der Waals surface area contributed by atoms with Crippen LogP contribution in [0, 0.1) is 17.1 Å². The number of aromatic nitrogens is 2. The minimum absolute atomic E-state index is 0.0827. The van der Waals surface area contributed by atoms with Crippen LogP contribution in [0.25, 0.3) is 0 Å². The first kappa shape index (κ1) is 16.1. The van der Waals surface area contributed by atoms with Gasteiger partial charge in [0.2, 0.25) is 11.8 Å². The van der Waals surface area contributed by atoms with E-state index in [-0.39, 0.29) is 29.9 Å². The second-order valence-corrected chi connectivity index (χ2v) is 5.69. The number of benzene rings is 1. The summed E-state index contributed by atoms with van der Waals surface area (Å²) in [5, 5.41) is 19.1. The van der Waals surface area contributed by atoms with Crippen LogP contribution in [0.4, 0.5) is 10.1 Å². The van der Waals surface area contributed by atoms with E-state index in [9.17, 15) is 14.4 Å². The second-order valence-electron chi connectivity index (χ2n) is 5.69. The van der Waals surface area contributed by atoms with Gasteiger partial charge in [-0.05, 0) is 50.2 Å². The molecule has 2 aromatic rings. The summed E-state index contributed by atoms with van der Waals surface area (Å²) in [4.78, 5) is 16.2. The zero-order chi connectivity index (χ0) is 17.0. The lowest BCUT2D eigenvalue weighted by molar-refractivity contribution is -0.115. The van der Waals surface area contributed by atoms with Crippen molar-refractivity contribution in [2.45, 2.75) is 24.7 Å². The Labute approximate surface area is 137 Å². The monoisotopic (exact) mass is 329 g/mol. The average Bonchev–Trinajstić information content (AvgIpc) is 3.06. The minimum Gasteiger partial charge on any atom is -0.338 e. The van der Waals surface area contributed by atoms with E-state index in [2.05, 4.69) is 26.8 Å². The molecule has 1 amide bonds. The molecule has 1 aromatic carbocycles. The van der Waals surface area contributed by atoms with Crippen molar-refractivity contribution < 1.29 is 13.7 Å². The molecule has 0 aliphatic carbocycles. The fraction of sp³-hybridized carbons (Fsp3) is 0.375. The number of carbonyl (C=O) groups excluding carboxylic acids is 1. The standard InChI is InChI=1S/C16H16FN5O2/c17-11-1-3-12(4-2-11)20-14(23)9-13-21-15(24-22-13)16(10-18)5-7-19-8-6-16/h1-4,19H,5-9H2,(H,20,23). The molecule has 124 valence electrons. The summed E-state index contributed by atoms with van der Waals surface area (Å²) in [7, 11) is 0. The van der Waals surface area contributed by atoms with Crippen LogP contribution in [0.15, 0.2) is 28.8 Å². The van der Waals surface area contributed by atoms with Crippen LogP contribution in [0.1, 0.15) is 24.6 Å². The average molecular weight is 329 g/mol. The predicted molar refractivity (Wildman–Crippen MR) is 82.4 cm³/mol. The van der Waals surface area contributed by atoms with Gasteiger partial charge in [-0.1, -0.05) is 5.16 Å². The number of hydrogen-bond donors (Lipinski definition) is 2. The number of nitrogens with zero attached hydrogens (tertiary/aromatic N) is 3. The SMILES string of the molecule is N#CC1(c2nc(CC(=O)Nc3ccc(F)cc3)no2)CCNCC1. The Hall–Kier alpha value is -2.79. The van der Waals surface area contributed by atoms with Gasteiger partial charge in [0.15, 0.2) is 5.82 Å². The molecule has 0 radical (unpaired) electrons. The van der Waals surface area contributed by atoms with Crippen molar-refractivity contribution in [3.8, 4) is 6.07 Å². The highest BCUT2D eigenvalue weighted by atomic mass is 19.1. The van der Waals surface area contributed by atoms with Gasteiger partial charge in [0.25, 0.3) is 0 Å². The second kappa shape index (κ2) is 6.76. The van der Waals surface area contributed by atoms with Crippen molar-refractivity contribution in [1.82, 2.24) is 15.5 Å². The normalized spacial score (nSPS) is 16.3. The molecule has 1 aromatic heterocycles. The highest BCUT2D eigenvalue weighted by molar-refractivity contribution is 5.91. The summed E-state index contributed by atoms with van der Waals surface area (Å²) in [5.41, 5.74) is -0.304. The first-order chi connectivity index (χ1) is 11.6. The van der Waals surface area contributed by atoms with E-state index in [0.717, 1.165) is 0 Å². The molecule has 0 atom stereocenters. The summed E-state index contributed by atoms with van der Waals surface area (Å²) in [6.45, 7) is 1.41. The van der Waals surface area contributed by atoms with E-state index < -0.39 is 5.41 Å². The minimum atomic E-state index is -0.788. The van der Waals surface area contributed by atoms with Crippen LogP contribution in [-0.4, -0.2) is 29.1 Å². The van der Waals surface area contributed by atoms with Crippen molar-refractivity contribution in [2.75, 3.05) is 18.4 Å². The molecule has 0 bridgehead atoms. The number of carbonyl (C=O) groups is 1. The van der Waals surface area contributed by atoms with Gasteiger partial charge in [-0.2, -0.15) is 10.2 Å². The first-order valence-corrected chi connectivity index (χ1v) is 7.62. The number of hydrogen-bond acceptors (Lipinski definition) is 6. The van der Waals surface area contributed by atoms with E-state index >= 15 is 0 Å². The third kappa shape index (κ3) is 3.41. The van der Waals surface area contributed by atoms with Crippen LogP contribution in [0.3, 0.4) is 0 Å². The Morgan fingerprint density at radius 3 is 2.75 bits per heavy atom. The summed E-state index contributed by atoms with van der Waals surface area (Å²) >= 11 is 0. The van der Waals surface area contributed by atoms with Gasteiger partial charge in [-0.15, -0.1) is 0 Å². The van der Waals surface area contributed by atoms with Gasteiger partial charge in [0, 0.05) is 5.69 Å². The Bertz CT molecular complexity index is 760. The molecule has 0 saturated carbocycles. The number of halogens is 1. The molecule has 0 unspecified atom stereocenters. The fourth-order valence-electron chi connectivity index (χ4n) is 2.63. The number of anilines is 1. The highest BCUT2D eigenvalue weighted by Crippen LogP contribution is 2.31. The predicted octanol–water partition coefficient (Wildman–Crippen LogP) is 1.53. The molecule has 8 heteroatoms. The van der Waals surface area contributed by atoms with Gasteiger partial charge in [0.05, 0.1) is 12.5 Å². The summed E-state index contributed by atoms with van der Waals surface area (Å²) < 4.78 is 18.1. The van der Waals surface area contributed by atoms with E-state index in [1.165, 1.54) is 24.3 Å². The van der Waals surface area contributed by atoms with E-state index in [0.29, 0.717) is 31.6 Å². The summed E-state index contributed by atoms with van der Waals surface area (Å²) in [5.74, 6) is -0.237. The molecule has 2 heterocycles. The quantitative estimate of drug-likeness (QED) is 0.882.